The summed E-state index contributed by atoms with van der Waals surface area (Å²) < 4.78 is 1.73. The molecule has 0 saturated carbocycles. The molecule has 0 saturated heterocycles. The van der Waals surface area contributed by atoms with Crippen molar-refractivity contribution in [2.24, 2.45) is 5.92 Å². The second kappa shape index (κ2) is 8.83. The van der Waals surface area contributed by atoms with E-state index in [2.05, 4.69) is 72.6 Å². The Morgan fingerprint density at radius 2 is 1.96 bits per heavy atom. The van der Waals surface area contributed by atoms with Crippen LogP contribution in [0.15, 0.2) is 22.7 Å². The van der Waals surface area contributed by atoms with E-state index < -0.39 is 0 Å². The van der Waals surface area contributed by atoms with E-state index in [0.717, 1.165) is 17.8 Å². The number of hydrogen-bond donors (Lipinski definition) is 1. The number of aromatic nitrogens is 5. The van der Waals surface area contributed by atoms with Crippen LogP contribution in [-0.4, -0.2) is 36.9 Å². The van der Waals surface area contributed by atoms with Crippen molar-refractivity contribution in [1.29, 1.82) is 0 Å². The van der Waals surface area contributed by atoms with Crippen LogP contribution in [0.25, 0.3) is 11.3 Å². The lowest BCUT2D eigenvalue weighted by molar-refractivity contribution is -0.113. The summed E-state index contributed by atoms with van der Waals surface area (Å²) in [5, 5.41) is 17.8. The molecule has 7 nitrogen and oxygen atoms in total. The highest BCUT2D eigenvalue weighted by Crippen LogP contribution is 2.31. The van der Waals surface area contributed by atoms with E-state index in [1.807, 2.05) is 5.38 Å². The fourth-order valence-electron chi connectivity index (χ4n) is 3.08. The number of nitrogens with one attached hydrogen (secondary N) is 1. The lowest BCUT2D eigenvalue weighted by Gasteiger charge is -2.08. The van der Waals surface area contributed by atoms with Crippen LogP contribution in [0.2, 0.25) is 0 Å². The summed E-state index contributed by atoms with van der Waals surface area (Å²) in [5.41, 5.74) is 5.63. The molecular weight excluding hydrogens is 392 g/mol. The van der Waals surface area contributed by atoms with Gasteiger partial charge < -0.3 is 5.32 Å². The number of thioether (sulfide) groups is 1. The van der Waals surface area contributed by atoms with Crippen molar-refractivity contribution in [3.05, 3.63) is 34.2 Å². The van der Waals surface area contributed by atoms with Gasteiger partial charge in [-0.15, -0.1) is 16.4 Å². The number of aryl methyl sites for hydroxylation is 3. The predicted octanol–water partition coefficient (Wildman–Crippen LogP) is 4.11. The SMILES string of the molecule is Cc1cc(C)c(-c2csc(NC(=O)CSc3nnnn3CC(C)C)n2)c(C)c1. The van der Waals surface area contributed by atoms with Gasteiger partial charge in [-0.1, -0.05) is 43.3 Å². The highest BCUT2D eigenvalue weighted by molar-refractivity contribution is 7.99. The first kappa shape index (κ1) is 20.5. The Kier molecular flexibility index (Phi) is 6.46. The van der Waals surface area contributed by atoms with Gasteiger partial charge in [0.1, 0.15) is 0 Å². The molecule has 2 heterocycles. The Hall–Kier alpha value is -2.26. The van der Waals surface area contributed by atoms with Crippen LogP contribution in [0.1, 0.15) is 30.5 Å². The van der Waals surface area contributed by atoms with Crippen LogP contribution in [0.4, 0.5) is 5.13 Å². The molecule has 1 amide bonds. The molecule has 0 radical (unpaired) electrons. The minimum Gasteiger partial charge on any atom is -0.301 e. The van der Waals surface area contributed by atoms with Gasteiger partial charge in [0.2, 0.25) is 11.1 Å². The van der Waals surface area contributed by atoms with Crippen molar-refractivity contribution < 1.29 is 4.79 Å². The highest BCUT2D eigenvalue weighted by atomic mass is 32.2. The predicted molar refractivity (Wildman–Crippen MR) is 114 cm³/mol. The van der Waals surface area contributed by atoms with Crippen molar-refractivity contribution >= 4 is 34.1 Å². The molecule has 1 aromatic carbocycles. The molecule has 3 rings (SSSR count). The number of rotatable bonds is 7. The standard InChI is InChI=1S/C19H24N6OS2/c1-11(2)8-25-19(22-23-24-25)28-10-16(26)21-18-20-15(9-27-18)17-13(4)6-12(3)7-14(17)5/h6-7,9,11H,8,10H2,1-5H3,(H,20,21,26). The number of nitrogens with zero attached hydrogens (tertiary/aromatic N) is 5. The van der Waals surface area contributed by atoms with E-state index in [1.165, 1.54) is 39.8 Å². The van der Waals surface area contributed by atoms with Gasteiger partial charge in [-0.3, -0.25) is 4.79 Å². The van der Waals surface area contributed by atoms with Gasteiger partial charge in [-0.25, -0.2) is 9.67 Å². The average Bonchev–Trinajstić information content (AvgIpc) is 3.21. The molecule has 0 unspecified atom stereocenters. The minimum absolute atomic E-state index is 0.123. The maximum Gasteiger partial charge on any atom is 0.236 e. The zero-order valence-electron chi connectivity index (χ0n) is 16.7. The second-order valence-corrected chi connectivity index (χ2v) is 8.99. The van der Waals surface area contributed by atoms with Gasteiger partial charge in [-0.2, -0.15) is 0 Å². The summed E-state index contributed by atoms with van der Waals surface area (Å²) in [6, 6.07) is 4.30. The van der Waals surface area contributed by atoms with E-state index in [4.69, 9.17) is 0 Å². The average molecular weight is 417 g/mol. The summed E-state index contributed by atoms with van der Waals surface area (Å²) >= 11 is 2.76. The molecule has 0 aliphatic rings. The minimum atomic E-state index is -0.123. The number of amides is 1. The third-order valence-electron chi connectivity index (χ3n) is 4.05. The summed E-state index contributed by atoms with van der Waals surface area (Å²) in [7, 11) is 0. The fraction of sp³-hybridized carbons (Fsp3) is 0.421. The maximum absolute atomic E-state index is 12.3. The Balaban J connectivity index is 1.63. The van der Waals surface area contributed by atoms with E-state index >= 15 is 0 Å². The molecule has 0 aliphatic heterocycles. The fourth-order valence-corrected chi connectivity index (χ4v) is 4.48. The third kappa shape index (κ3) is 4.96. The molecule has 2 aromatic heterocycles. The Morgan fingerprint density at radius 1 is 1.25 bits per heavy atom. The topological polar surface area (TPSA) is 85.6 Å². The molecule has 148 valence electrons. The summed E-state index contributed by atoms with van der Waals surface area (Å²) in [6.07, 6.45) is 0. The number of tetrazole rings is 1. The molecule has 28 heavy (non-hydrogen) atoms. The lowest BCUT2D eigenvalue weighted by Crippen LogP contribution is -2.15. The molecule has 0 atom stereocenters. The zero-order valence-corrected chi connectivity index (χ0v) is 18.3. The van der Waals surface area contributed by atoms with Crippen LogP contribution >= 0.6 is 23.1 Å². The number of anilines is 1. The largest absolute Gasteiger partial charge is 0.301 e. The lowest BCUT2D eigenvalue weighted by atomic mass is 9.98. The first-order valence-electron chi connectivity index (χ1n) is 9.06. The van der Waals surface area contributed by atoms with Gasteiger partial charge >= 0.3 is 0 Å². The second-order valence-electron chi connectivity index (χ2n) is 7.19. The maximum atomic E-state index is 12.3. The van der Waals surface area contributed by atoms with Gasteiger partial charge in [0.25, 0.3) is 0 Å². The zero-order chi connectivity index (χ0) is 20.3. The smallest absolute Gasteiger partial charge is 0.236 e. The molecule has 0 spiro atoms. The highest BCUT2D eigenvalue weighted by Gasteiger charge is 2.14. The first-order chi connectivity index (χ1) is 13.3. The number of carbonyl (C=O) groups excluding carboxylic acids is 1. The van der Waals surface area contributed by atoms with E-state index in [-0.39, 0.29) is 11.7 Å². The van der Waals surface area contributed by atoms with Crippen LogP contribution in [0, 0.1) is 26.7 Å². The first-order valence-corrected chi connectivity index (χ1v) is 10.9. The van der Waals surface area contributed by atoms with Gasteiger partial charge in [0.05, 0.1) is 11.4 Å². The molecule has 0 aliphatic carbocycles. The molecule has 9 heteroatoms. The van der Waals surface area contributed by atoms with Crippen molar-refractivity contribution in [3.8, 4) is 11.3 Å². The summed E-state index contributed by atoms with van der Waals surface area (Å²) in [5.74, 6) is 0.539. The Morgan fingerprint density at radius 3 is 2.64 bits per heavy atom. The Bertz CT molecular complexity index is 955. The molecule has 0 fully saturated rings. The third-order valence-corrected chi connectivity index (χ3v) is 5.77. The van der Waals surface area contributed by atoms with E-state index in [0.29, 0.717) is 16.2 Å². The van der Waals surface area contributed by atoms with Gasteiger partial charge in [0, 0.05) is 17.5 Å². The van der Waals surface area contributed by atoms with Crippen molar-refractivity contribution in [3.63, 3.8) is 0 Å². The summed E-state index contributed by atoms with van der Waals surface area (Å²) in [4.78, 5) is 16.9. The normalized spacial score (nSPS) is 11.2. The number of benzene rings is 1. The van der Waals surface area contributed by atoms with Gasteiger partial charge in [-0.05, 0) is 48.2 Å². The van der Waals surface area contributed by atoms with Crippen LogP contribution in [0.3, 0.4) is 0 Å². The van der Waals surface area contributed by atoms with E-state index in [9.17, 15) is 4.79 Å². The van der Waals surface area contributed by atoms with Crippen LogP contribution < -0.4 is 5.32 Å². The summed E-state index contributed by atoms with van der Waals surface area (Å²) in [6.45, 7) is 11.2. The number of hydrogen-bond acceptors (Lipinski definition) is 7. The van der Waals surface area contributed by atoms with Gasteiger partial charge in [0.15, 0.2) is 5.13 Å². The van der Waals surface area contributed by atoms with Crippen molar-refractivity contribution in [2.45, 2.75) is 46.3 Å². The Labute approximate surface area is 173 Å². The molecule has 1 N–H and O–H groups in total. The number of thiazole rings is 1. The van der Waals surface area contributed by atoms with Crippen LogP contribution in [0.5, 0.6) is 0 Å². The molecule has 3 aromatic rings. The quantitative estimate of drug-likeness (QED) is 0.584. The molecular formula is C19H24N6OS2. The van der Waals surface area contributed by atoms with E-state index in [1.54, 1.807) is 4.68 Å². The number of carbonyl (C=O) groups is 1. The van der Waals surface area contributed by atoms with Crippen LogP contribution in [-0.2, 0) is 11.3 Å². The van der Waals surface area contributed by atoms with Crippen molar-refractivity contribution in [2.75, 3.05) is 11.1 Å². The monoisotopic (exact) mass is 416 g/mol. The van der Waals surface area contributed by atoms with Crippen molar-refractivity contribution in [1.82, 2.24) is 25.2 Å². The molecule has 0 bridgehead atoms.